The maximum Gasteiger partial charge on any atom is 0.335 e. The number of aromatic hydroxyl groups is 1. The smallest absolute Gasteiger partial charge is 0.335 e. The number of hydrogen-bond acceptors (Lipinski definition) is 9. The lowest BCUT2D eigenvalue weighted by Crippen LogP contribution is -2.27. The highest BCUT2D eigenvalue weighted by Crippen LogP contribution is 2.47. The van der Waals surface area contributed by atoms with Gasteiger partial charge in [-0.2, -0.15) is 0 Å². The van der Waals surface area contributed by atoms with E-state index >= 15 is 0 Å². The van der Waals surface area contributed by atoms with Crippen molar-refractivity contribution in [2.24, 2.45) is 0 Å². The minimum atomic E-state index is -1.82. The summed E-state index contributed by atoms with van der Waals surface area (Å²) in [5, 5.41) is 32.4. The van der Waals surface area contributed by atoms with Gasteiger partial charge in [-0.05, 0) is 6.92 Å². The number of phenols is 1. The molecule has 3 rings (SSSR count). The summed E-state index contributed by atoms with van der Waals surface area (Å²) >= 11 is 0. The SMILES string of the molecule is CCOC(=O)C(O)Cc1c(OC)c2c(c(O)c1[N+](=O)[O-])C(=O)c1ccccc1C2=O. The Morgan fingerprint density at radius 1 is 1.17 bits per heavy atom. The van der Waals surface area contributed by atoms with Crippen LogP contribution >= 0.6 is 0 Å². The average Bonchev–Trinajstić information content (AvgIpc) is 2.71. The molecule has 10 heteroatoms. The van der Waals surface area contributed by atoms with Crippen LogP contribution in [0.25, 0.3) is 0 Å². The van der Waals surface area contributed by atoms with Crippen LogP contribution in [0.4, 0.5) is 5.69 Å². The van der Waals surface area contributed by atoms with Crippen molar-refractivity contribution in [3.8, 4) is 11.5 Å². The van der Waals surface area contributed by atoms with Gasteiger partial charge in [0.2, 0.25) is 5.75 Å². The van der Waals surface area contributed by atoms with E-state index in [0.717, 1.165) is 7.11 Å². The Morgan fingerprint density at radius 3 is 2.23 bits per heavy atom. The molecule has 2 aromatic carbocycles. The highest BCUT2D eigenvalue weighted by atomic mass is 16.6. The molecule has 0 radical (unpaired) electrons. The van der Waals surface area contributed by atoms with Gasteiger partial charge < -0.3 is 19.7 Å². The highest BCUT2D eigenvalue weighted by molar-refractivity contribution is 6.30. The van der Waals surface area contributed by atoms with Gasteiger partial charge in [0.15, 0.2) is 17.7 Å². The van der Waals surface area contributed by atoms with Gasteiger partial charge in [0.25, 0.3) is 0 Å². The minimum absolute atomic E-state index is 0.0130. The molecule has 0 spiro atoms. The second-order valence-corrected chi connectivity index (χ2v) is 6.39. The summed E-state index contributed by atoms with van der Waals surface area (Å²) in [6.45, 7) is 1.48. The first-order chi connectivity index (χ1) is 14.2. The van der Waals surface area contributed by atoms with E-state index in [1.54, 1.807) is 0 Å². The third-order valence-corrected chi connectivity index (χ3v) is 4.71. The fourth-order valence-corrected chi connectivity index (χ4v) is 3.46. The maximum absolute atomic E-state index is 13.1. The molecule has 156 valence electrons. The zero-order chi connectivity index (χ0) is 22.2. The molecule has 10 nitrogen and oxygen atoms in total. The predicted octanol–water partition coefficient (Wildman–Crippen LogP) is 1.55. The Balaban J connectivity index is 2.31. The Kier molecular flexibility index (Phi) is 5.52. The number of benzene rings is 2. The Hall–Kier alpha value is -3.79. The molecule has 2 N–H and O–H groups in total. The van der Waals surface area contributed by atoms with Gasteiger partial charge in [0, 0.05) is 17.5 Å². The molecule has 0 heterocycles. The third-order valence-electron chi connectivity index (χ3n) is 4.71. The number of hydrogen-bond donors (Lipinski definition) is 2. The lowest BCUT2D eigenvalue weighted by atomic mass is 9.81. The van der Waals surface area contributed by atoms with Gasteiger partial charge in [-0.1, -0.05) is 24.3 Å². The number of aliphatic hydroxyl groups excluding tert-OH is 1. The van der Waals surface area contributed by atoms with Crippen molar-refractivity contribution in [1.29, 1.82) is 0 Å². The monoisotopic (exact) mass is 415 g/mol. The number of phenolic OH excluding ortho intramolecular Hbond substituents is 1. The maximum atomic E-state index is 13.1. The molecule has 1 unspecified atom stereocenters. The molecule has 0 saturated heterocycles. The van der Waals surface area contributed by atoms with Crippen molar-refractivity contribution >= 4 is 23.2 Å². The van der Waals surface area contributed by atoms with E-state index < -0.39 is 57.5 Å². The number of aliphatic hydroxyl groups is 1. The third kappa shape index (κ3) is 3.16. The predicted molar refractivity (Wildman–Crippen MR) is 101 cm³/mol. The van der Waals surface area contributed by atoms with Gasteiger partial charge in [0.1, 0.15) is 5.75 Å². The van der Waals surface area contributed by atoms with E-state index in [2.05, 4.69) is 0 Å². The Labute approximate surface area is 169 Å². The summed E-state index contributed by atoms with van der Waals surface area (Å²) in [7, 11) is 1.12. The number of esters is 1. The van der Waals surface area contributed by atoms with Crippen molar-refractivity contribution < 1.29 is 39.0 Å². The van der Waals surface area contributed by atoms with Crippen LogP contribution in [0.15, 0.2) is 24.3 Å². The second kappa shape index (κ2) is 7.91. The molecule has 0 amide bonds. The average molecular weight is 415 g/mol. The molecule has 0 saturated carbocycles. The fraction of sp³-hybridized carbons (Fsp3) is 0.250. The van der Waals surface area contributed by atoms with Crippen LogP contribution in [0.3, 0.4) is 0 Å². The summed E-state index contributed by atoms with van der Waals surface area (Å²) < 4.78 is 9.91. The van der Waals surface area contributed by atoms with Gasteiger partial charge in [0.05, 0.1) is 35.3 Å². The second-order valence-electron chi connectivity index (χ2n) is 6.39. The molecule has 30 heavy (non-hydrogen) atoms. The normalized spacial score (nSPS) is 13.3. The number of nitrogens with zero attached hydrogens (tertiary/aromatic N) is 1. The van der Waals surface area contributed by atoms with Gasteiger partial charge in [-0.25, -0.2) is 4.79 Å². The molecule has 0 fully saturated rings. The molecule has 0 bridgehead atoms. The van der Waals surface area contributed by atoms with E-state index in [0.29, 0.717) is 0 Å². The first-order valence-corrected chi connectivity index (χ1v) is 8.87. The first-order valence-electron chi connectivity index (χ1n) is 8.87. The van der Waals surface area contributed by atoms with Crippen LogP contribution in [0, 0.1) is 10.1 Å². The number of fused-ring (bicyclic) bond motifs is 2. The molecule has 0 aromatic heterocycles. The number of rotatable bonds is 6. The highest BCUT2D eigenvalue weighted by Gasteiger charge is 2.42. The molecule has 1 atom stereocenters. The first kappa shape index (κ1) is 20.9. The van der Waals surface area contributed by atoms with Gasteiger partial charge >= 0.3 is 11.7 Å². The number of carbonyl (C=O) groups is 3. The van der Waals surface area contributed by atoms with Crippen molar-refractivity contribution in [1.82, 2.24) is 0 Å². The van der Waals surface area contributed by atoms with E-state index in [4.69, 9.17) is 9.47 Å². The van der Waals surface area contributed by atoms with E-state index in [1.165, 1.54) is 31.2 Å². The van der Waals surface area contributed by atoms with Crippen LogP contribution in [0.1, 0.15) is 44.3 Å². The molecule has 0 aliphatic heterocycles. The van der Waals surface area contributed by atoms with Crippen molar-refractivity contribution in [3.05, 3.63) is 62.2 Å². The van der Waals surface area contributed by atoms with E-state index in [9.17, 15) is 34.7 Å². The zero-order valence-electron chi connectivity index (χ0n) is 16.0. The summed E-state index contributed by atoms with van der Waals surface area (Å²) in [4.78, 5) is 48.6. The molecule has 2 aromatic rings. The standard InChI is InChI=1S/C20H17NO9/c1-3-30-20(26)12(22)8-11-15(21(27)28)18(25)13-14(19(11)29-2)17(24)10-7-5-4-6-9(10)16(13)23/h4-7,12,22,25H,3,8H2,1-2H3. The molecule has 1 aliphatic carbocycles. The quantitative estimate of drug-likeness (QED) is 0.347. The molecular formula is C20H17NO9. The van der Waals surface area contributed by atoms with Crippen LogP contribution in [0.5, 0.6) is 11.5 Å². The largest absolute Gasteiger partial charge is 0.502 e. The van der Waals surface area contributed by atoms with Crippen LogP contribution < -0.4 is 4.74 Å². The summed E-state index contributed by atoms with van der Waals surface area (Å²) in [5.41, 5.74) is -2.24. The number of methoxy groups -OCH3 is 1. The topological polar surface area (TPSA) is 153 Å². The molecular weight excluding hydrogens is 398 g/mol. The number of ketones is 2. The Morgan fingerprint density at radius 2 is 1.73 bits per heavy atom. The molecule has 1 aliphatic rings. The van der Waals surface area contributed by atoms with Crippen LogP contribution in [0.2, 0.25) is 0 Å². The summed E-state index contributed by atoms with van der Waals surface area (Å²) in [5.74, 6) is -3.91. The zero-order valence-corrected chi connectivity index (χ0v) is 16.0. The van der Waals surface area contributed by atoms with Crippen LogP contribution in [-0.2, 0) is 16.0 Å². The van der Waals surface area contributed by atoms with Crippen LogP contribution in [-0.4, -0.2) is 52.5 Å². The van der Waals surface area contributed by atoms with Crippen molar-refractivity contribution in [2.75, 3.05) is 13.7 Å². The van der Waals surface area contributed by atoms with E-state index in [-0.39, 0.29) is 29.0 Å². The van der Waals surface area contributed by atoms with Gasteiger partial charge in [-0.3, -0.25) is 19.7 Å². The lowest BCUT2D eigenvalue weighted by Gasteiger charge is -2.23. The van der Waals surface area contributed by atoms with Gasteiger partial charge in [-0.15, -0.1) is 0 Å². The van der Waals surface area contributed by atoms with Crippen molar-refractivity contribution in [3.63, 3.8) is 0 Å². The number of carbonyl (C=O) groups excluding carboxylic acids is 3. The minimum Gasteiger partial charge on any atom is -0.502 e. The number of nitro benzene ring substituents is 1. The Bertz CT molecular complexity index is 1090. The van der Waals surface area contributed by atoms with E-state index in [1.807, 2.05) is 0 Å². The lowest BCUT2D eigenvalue weighted by molar-refractivity contribution is -0.386. The van der Waals surface area contributed by atoms with Crippen molar-refractivity contribution in [2.45, 2.75) is 19.4 Å². The summed E-state index contributed by atoms with van der Waals surface area (Å²) in [6, 6.07) is 5.83. The number of nitro groups is 1. The number of ether oxygens (including phenoxy) is 2. The fourth-order valence-electron chi connectivity index (χ4n) is 3.46. The summed E-state index contributed by atoms with van der Waals surface area (Å²) in [6.07, 6.45) is -2.50.